The third-order valence-electron chi connectivity index (χ3n) is 7.46. The lowest BCUT2D eigenvalue weighted by molar-refractivity contribution is -0.146. The minimum Gasteiger partial charge on any atom is -0.493 e. The summed E-state index contributed by atoms with van der Waals surface area (Å²) in [6, 6.07) is 6.09. The van der Waals surface area contributed by atoms with Crippen molar-refractivity contribution in [2.75, 3.05) is 19.7 Å². The van der Waals surface area contributed by atoms with Crippen LogP contribution in [0.5, 0.6) is 5.75 Å². The van der Waals surface area contributed by atoms with Crippen molar-refractivity contribution in [3.63, 3.8) is 0 Å². The van der Waals surface area contributed by atoms with Crippen LogP contribution in [0.2, 0.25) is 0 Å². The molecule has 30 heavy (non-hydrogen) atoms. The number of ether oxygens (including phenoxy) is 1. The number of benzene rings is 1. The number of aryl methyl sites for hydroxylation is 2. The highest BCUT2D eigenvalue weighted by atomic mass is 16.5. The maximum absolute atomic E-state index is 12.9. The van der Waals surface area contributed by atoms with Gasteiger partial charge in [-0.25, -0.2) is 0 Å². The molecular weight excluding hydrogens is 376 g/mol. The molecule has 5 nitrogen and oxygen atoms in total. The van der Waals surface area contributed by atoms with Crippen LogP contribution in [0, 0.1) is 37.0 Å². The standard InChI is InChI=1S/C25H36N2O3/c1-17-5-3-6-18(2)23(17)30-10-4-7-22(28)26-8-9-27-24(29)25-14-19-11-20(15-25)13-21(12-19)16-25/h3,5-6,19-21H,4,7-16H2,1-2H3,(H,26,28)(H,27,29). The number of para-hydroxylation sites is 1. The van der Waals surface area contributed by atoms with Gasteiger partial charge in [-0.05, 0) is 87.7 Å². The molecule has 5 rings (SSSR count). The maximum Gasteiger partial charge on any atom is 0.226 e. The van der Waals surface area contributed by atoms with E-state index >= 15 is 0 Å². The number of hydrogen-bond donors (Lipinski definition) is 2. The highest BCUT2D eigenvalue weighted by molar-refractivity contribution is 5.83. The molecule has 0 aromatic heterocycles. The van der Waals surface area contributed by atoms with Crippen molar-refractivity contribution in [1.82, 2.24) is 10.6 Å². The van der Waals surface area contributed by atoms with E-state index < -0.39 is 0 Å². The SMILES string of the molecule is Cc1cccc(C)c1OCCCC(=O)NCCNC(=O)C12CC3CC(CC(C3)C1)C2. The molecule has 0 unspecified atom stereocenters. The zero-order chi connectivity index (χ0) is 21.1. The fourth-order valence-corrected chi connectivity index (χ4v) is 6.48. The number of carbonyl (C=O) groups is 2. The van der Waals surface area contributed by atoms with E-state index in [0.29, 0.717) is 32.5 Å². The van der Waals surface area contributed by atoms with E-state index in [1.165, 1.54) is 19.3 Å². The van der Waals surface area contributed by atoms with Gasteiger partial charge in [-0.15, -0.1) is 0 Å². The second kappa shape index (κ2) is 8.99. The molecular formula is C25H36N2O3. The van der Waals surface area contributed by atoms with Crippen molar-refractivity contribution in [2.45, 2.75) is 65.2 Å². The van der Waals surface area contributed by atoms with Gasteiger partial charge in [-0.3, -0.25) is 9.59 Å². The molecule has 0 spiro atoms. The number of carbonyl (C=O) groups excluding carboxylic acids is 2. The van der Waals surface area contributed by atoms with Crippen LogP contribution < -0.4 is 15.4 Å². The van der Waals surface area contributed by atoms with Gasteiger partial charge in [0.15, 0.2) is 0 Å². The molecule has 1 aromatic carbocycles. The average molecular weight is 413 g/mol. The van der Waals surface area contributed by atoms with Gasteiger partial charge in [0.1, 0.15) is 5.75 Å². The molecule has 0 heterocycles. The summed E-state index contributed by atoms with van der Waals surface area (Å²) in [6.45, 7) is 5.61. The molecule has 5 heteroatoms. The molecule has 0 atom stereocenters. The number of hydrogen-bond acceptors (Lipinski definition) is 3. The fourth-order valence-electron chi connectivity index (χ4n) is 6.48. The summed E-state index contributed by atoms with van der Waals surface area (Å²) < 4.78 is 5.86. The van der Waals surface area contributed by atoms with E-state index in [2.05, 4.69) is 10.6 Å². The summed E-state index contributed by atoms with van der Waals surface area (Å²) in [5.74, 6) is 3.49. The third-order valence-corrected chi connectivity index (χ3v) is 7.46. The fraction of sp³-hybridized carbons (Fsp3) is 0.680. The normalized spacial score (nSPS) is 28.9. The van der Waals surface area contributed by atoms with Crippen LogP contribution >= 0.6 is 0 Å². The zero-order valence-corrected chi connectivity index (χ0v) is 18.5. The van der Waals surface area contributed by atoms with Crippen LogP contribution in [0.1, 0.15) is 62.5 Å². The first-order chi connectivity index (χ1) is 14.4. The average Bonchev–Trinajstić information content (AvgIpc) is 2.69. The Balaban J connectivity index is 1.11. The van der Waals surface area contributed by atoms with Crippen molar-refractivity contribution >= 4 is 11.8 Å². The van der Waals surface area contributed by atoms with Gasteiger partial charge in [0.25, 0.3) is 0 Å². The maximum atomic E-state index is 12.9. The number of nitrogens with one attached hydrogen (secondary N) is 2. The molecule has 0 aliphatic heterocycles. The molecule has 0 radical (unpaired) electrons. The van der Waals surface area contributed by atoms with E-state index in [4.69, 9.17) is 4.74 Å². The lowest BCUT2D eigenvalue weighted by atomic mass is 9.49. The van der Waals surface area contributed by atoms with Crippen LogP contribution in [0.15, 0.2) is 18.2 Å². The Morgan fingerprint density at radius 2 is 1.53 bits per heavy atom. The molecule has 2 N–H and O–H groups in total. The summed E-state index contributed by atoms with van der Waals surface area (Å²) in [4.78, 5) is 25.0. The Morgan fingerprint density at radius 1 is 0.967 bits per heavy atom. The molecule has 164 valence electrons. The van der Waals surface area contributed by atoms with E-state index in [-0.39, 0.29) is 17.2 Å². The Labute approximate surface area is 180 Å². The van der Waals surface area contributed by atoms with Crippen LogP contribution in [0.3, 0.4) is 0 Å². The minimum atomic E-state index is -0.107. The quantitative estimate of drug-likeness (QED) is 0.604. The van der Waals surface area contributed by atoms with Crippen LogP contribution in [-0.2, 0) is 9.59 Å². The predicted octanol–water partition coefficient (Wildman–Crippen LogP) is 3.91. The van der Waals surface area contributed by atoms with Gasteiger partial charge in [0, 0.05) is 24.9 Å². The van der Waals surface area contributed by atoms with Crippen molar-refractivity contribution in [1.29, 1.82) is 0 Å². The van der Waals surface area contributed by atoms with Crippen LogP contribution in [0.4, 0.5) is 0 Å². The Bertz CT molecular complexity index is 733. The summed E-state index contributed by atoms with van der Waals surface area (Å²) in [5, 5.41) is 6.04. The minimum absolute atomic E-state index is 0.0177. The monoisotopic (exact) mass is 412 g/mol. The van der Waals surface area contributed by atoms with Gasteiger partial charge in [-0.1, -0.05) is 18.2 Å². The van der Waals surface area contributed by atoms with E-state index in [9.17, 15) is 9.59 Å². The predicted molar refractivity (Wildman–Crippen MR) is 117 cm³/mol. The highest BCUT2D eigenvalue weighted by Crippen LogP contribution is 2.60. The molecule has 4 saturated carbocycles. The lowest BCUT2D eigenvalue weighted by Gasteiger charge is -2.55. The van der Waals surface area contributed by atoms with E-state index in [1.54, 1.807) is 0 Å². The first kappa shape index (κ1) is 21.2. The smallest absolute Gasteiger partial charge is 0.226 e. The van der Waals surface area contributed by atoms with Gasteiger partial charge in [0.2, 0.25) is 11.8 Å². The molecule has 4 aliphatic carbocycles. The molecule has 4 aliphatic rings. The van der Waals surface area contributed by atoms with Crippen LogP contribution in [0.25, 0.3) is 0 Å². The highest BCUT2D eigenvalue weighted by Gasteiger charge is 2.54. The molecule has 4 bridgehead atoms. The molecule has 4 fully saturated rings. The summed E-state index contributed by atoms with van der Waals surface area (Å²) in [5.41, 5.74) is 2.13. The van der Waals surface area contributed by atoms with Crippen molar-refractivity contribution in [3.05, 3.63) is 29.3 Å². The van der Waals surface area contributed by atoms with Gasteiger partial charge in [-0.2, -0.15) is 0 Å². The summed E-state index contributed by atoms with van der Waals surface area (Å²) >= 11 is 0. The molecule has 2 amide bonds. The number of amides is 2. The first-order valence-corrected chi connectivity index (χ1v) is 11.7. The lowest BCUT2D eigenvalue weighted by Crippen LogP contribution is -2.54. The van der Waals surface area contributed by atoms with Gasteiger partial charge < -0.3 is 15.4 Å². The summed E-state index contributed by atoms with van der Waals surface area (Å²) in [7, 11) is 0. The second-order valence-corrected chi connectivity index (χ2v) is 9.98. The zero-order valence-electron chi connectivity index (χ0n) is 18.5. The Morgan fingerprint density at radius 3 is 2.13 bits per heavy atom. The number of rotatable bonds is 9. The topological polar surface area (TPSA) is 67.4 Å². The first-order valence-electron chi connectivity index (χ1n) is 11.7. The van der Waals surface area contributed by atoms with Gasteiger partial charge >= 0.3 is 0 Å². The summed E-state index contributed by atoms with van der Waals surface area (Å²) in [6.07, 6.45) is 8.39. The Hall–Kier alpha value is -2.04. The van der Waals surface area contributed by atoms with E-state index in [0.717, 1.165) is 53.9 Å². The van der Waals surface area contributed by atoms with Gasteiger partial charge in [0.05, 0.1) is 6.61 Å². The second-order valence-electron chi connectivity index (χ2n) is 9.98. The Kier molecular flexibility index (Phi) is 6.35. The largest absolute Gasteiger partial charge is 0.493 e. The van der Waals surface area contributed by atoms with Crippen molar-refractivity contribution in [2.24, 2.45) is 23.2 Å². The van der Waals surface area contributed by atoms with Crippen molar-refractivity contribution < 1.29 is 14.3 Å². The van der Waals surface area contributed by atoms with Crippen LogP contribution in [-0.4, -0.2) is 31.5 Å². The van der Waals surface area contributed by atoms with E-state index in [1.807, 2.05) is 32.0 Å². The molecule has 0 saturated heterocycles. The third kappa shape index (κ3) is 4.65. The molecule has 1 aromatic rings. The van der Waals surface area contributed by atoms with Crippen molar-refractivity contribution in [3.8, 4) is 5.75 Å².